The Morgan fingerprint density at radius 3 is 2.80 bits per heavy atom. The molecule has 0 saturated heterocycles. The van der Waals surface area contributed by atoms with Crippen molar-refractivity contribution in [3.05, 3.63) is 46.5 Å². The van der Waals surface area contributed by atoms with Crippen LogP contribution in [-0.4, -0.2) is 19.9 Å². The Hall–Kier alpha value is -1.39. The minimum absolute atomic E-state index is 0.413. The zero-order valence-electron chi connectivity index (χ0n) is 12.0. The minimum atomic E-state index is -0.669. The van der Waals surface area contributed by atoms with Crippen molar-refractivity contribution in [2.24, 2.45) is 5.92 Å². The van der Waals surface area contributed by atoms with Crippen LogP contribution in [0.4, 0.5) is 0 Å². The summed E-state index contributed by atoms with van der Waals surface area (Å²) in [6, 6.07) is 5.68. The number of benzene rings is 1. The van der Waals surface area contributed by atoms with Gasteiger partial charge in [0.05, 0.1) is 6.10 Å². The normalized spacial score (nSPS) is 12.9. The zero-order chi connectivity index (χ0) is 14.7. The van der Waals surface area contributed by atoms with Gasteiger partial charge in [0.25, 0.3) is 0 Å². The number of aliphatic hydroxyl groups is 1. The lowest BCUT2D eigenvalue weighted by atomic mass is 10.0. The lowest BCUT2D eigenvalue weighted by molar-refractivity contribution is 0.173. The van der Waals surface area contributed by atoms with Gasteiger partial charge in [0.2, 0.25) is 0 Å². The van der Waals surface area contributed by atoms with Gasteiger partial charge in [-0.3, -0.25) is 0 Å². The standard InChI is InChI=1S/C15H20ClN3O/c1-10(2)8-19-14(17-9-18-19)7-13(20)12-6-4-5-11(3)15(12)16/h4-6,9-10,13,20H,7-8H2,1-3H3. The molecule has 0 aliphatic heterocycles. The summed E-state index contributed by atoms with van der Waals surface area (Å²) in [5.74, 6) is 1.26. The second-order valence-corrected chi connectivity index (χ2v) is 5.83. The van der Waals surface area contributed by atoms with E-state index in [-0.39, 0.29) is 0 Å². The Kier molecular flexibility index (Phi) is 4.78. The Morgan fingerprint density at radius 2 is 2.10 bits per heavy atom. The second-order valence-electron chi connectivity index (χ2n) is 5.45. The monoisotopic (exact) mass is 293 g/mol. The van der Waals surface area contributed by atoms with Crippen molar-refractivity contribution in [2.75, 3.05) is 0 Å². The van der Waals surface area contributed by atoms with Crippen molar-refractivity contribution in [2.45, 2.75) is 39.8 Å². The fourth-order valence-electron chi connectivity index (χ4n) is 2.15. The SMILES string of the molecule is Cc1cccc(C(O)Cc2ncnn2CC(C)C)c1Cl. The van der Waals surface area contributed by atoms with Gasteiger partial charge in [-0.05, 0) is 24.0 Å². The summed E-state index contributed by atoms with van der Waals surface area (Å²) in [6.45, 7) is 6.97. The van der Waals surface area contributed by atoms with Crippen molar-refractivity contribution in [1.29, 1.82) is 0 Å². The van der Waals surface area contributed by atoms with E-state index in [4.69, 9.17) is 11.6 Å². The van der Waals surface area contributed by atoms with E-state index in [1.54, 1.807) is 0 Å². The first kappa shape index (κ1) is 15.0. The highest BCUT2D eigenvalue weighted by atomic mass is 35.5. The van der Waals surface area contributed by atoms with Crippen LogP contribution in [0, 0.1) is 12.8 Å². The molecule has 0 saturated carbocycles. The molecule has 108 valence electrons. The number of hydrogen-bond acceptors (Lipinski definition) is 3. The molecule has 0 bridgehead atoms. The molecule has 0 aliphatic rings. The molecule has 0 radical (unpaired) electrons. The topological polar surface area (TPSA) is 50.9 Å². The lowest BCUT2D eigenvalue weighted by Crippen LogP contribution is -2.13. The van der Waals surface area contributed by atoms with Crippen LogP contribution in [0.5, 0.6) is 0 Å². The van der Waals surface area contributed by atoms with Crippen LogP contribution >= 0.6 is 11.6 Å². The maximum atomic E-state index is 10.4. The summed E-state index contributed by atoms with van der Waals surface area (Å²) in [7, 11) is 0. The van der Waals surface area contributed by atoms with Crippen molar-refractivity contribution in [3.8, 4) is 0 Å². The summed E-state index contributed by atoms with van der Waals surface area (Å²) in [5, 5.41) is 15.2. The first-order valence-electron chi connectivity index (χ1n) is 6.78. The van der Waals surface area contributed by atoms with E-state index >= 15 is 0 Å². The summed E-state index contributed by atoms with van der Waals surface area (Å²) in [4.78, 5) is 4.24. The number of aliphatic hydroxyl groups excluding tert-OH is 1. The molecule has 4 nitrogen and oxygen atoms in total. The highest BCUT2D eigenvalue weighted by Crippen LogP contribution is 2.27. The van der Waals surface area contributed by atoms with Crippen LogP contribution in [0.1, 0.15) is 36.9 Å². The van der Waals surface area contributed by atoms with E-state index in [0.29, 0.717) is 17.4 Å². The third-order valence-electron chi connectivity index (χ3n) is 3.19. The first-order chi connectivity index (χ1) is 9.49. The van der Waals surface area contributed by atoms with Gasteiger partial charge >= 0.3 is 0 Å². The zero-order valence-corrected chi connectivity index (χ0v) is 12.8. The van der Waals surface area contributed by atoms with Crippen molar-refractivity contribution in [1.82, 2.24) is 14.8 Å². The minimum Gasteiger partial charge on any atom is -0.388 e. The molecule has 0 fully saturated rings. The van der Waals surface area contributed by atoms with Gasteiger partial charge in [-0.2, -0.15) is 5.10 Å². The van der Waals surface area contributed by atoms with E-state index in [1.807, 2.05) is 29.8 Å². The first-order valence-corrected chi connectivity index (χ1v) is 7.16. The Balaban J connectivity index is 2.17. The molecule has 1 unspecified atom stereocenters. The molecular formula is C15H20ClN3O. The van der Waals surface area contributed by atoms with Crippen molar-refractivity contribution in [3.63, 3.8) is 0 Å². The lowest BCUT2D eigenvalue weighted by Gasteiger charge is -2.15. The van der Waals surface area contributed by atoms with E-state index in [0.717, 1.165) is 23.5 Å². The van der Waals surface area contributed by atoms with Gasteiger partial charge in [0.1, 0.15) is 12.2 Å². The predicted molar refractivity (Wildman–Crippen MR) is 79.7 cm³/mol. The summed E-state index contributed by atoms with van der Waals surface area (Å²) in [5.41, 5.74) is 1.71. The number of nitrogens with zero attached hydrogens (tertiary/aromatic N) is 3. The van der Waals surface area contributed by atoms with Crippen LogP contribution in [0.25, 0.3) is 0 Å². The predicted octanol–water partition coefficient (Wildman–Crippen LogP) is 3.17. The van der Waals surface area contributed by atoms with Crippen molar-refractivity contribution >= 4 is 11.6 Å². The Morgan fingerprint density at radius 1 is 1.35 bits per heavy atom. The van der Waals surface area contributed by atoms with E-state index in [9.17, 15) is 5.11 Å². The van der Waals surface area contributed by atoms with Crippen LogP contribution in [-0.2, 0) is 13.0 Å². The maximum Gasteiger partial charge on any atom is 0.138 e. The number of aryl methyl sites for hydroxylation is 1. The number of hydrogen-bond donors (Lipinski definition) is 1. The molecule has 1 heterocycles. The smallest absolute Gasteiger partial charge is 0.138 e. The molecule has 1 N–H and O–H groups in total. The molecule has 2 aromatic rings. The molecule has 20 heavy (non-hydrogen) atoms. The average Bonchev–Trinajstić information content (AvgIpc) is 2.79. The summed E-state index contributed by atoms with van der Waals surface area (Å²) >= 11 is 6.25. The summed E-state index contributed by atoms with van der Waals surface area (Å²) in [6.07, 6.45) is 1.27. The molecule has 1 aromatic carbocycles. The number of rotatable bonds is 5. The van der Waals surface area contributed by atoms with Crippen LogP contribution in [0.2, 0.25) is 5.02 Å². The van der Waals surface area contributed by atoms with E-state index in [1.165, 1.54) is 6.33 Å². The van der Waals surface area contributed by atoms with Gasteiger partial charge in [-0.25, -0.2) is 9.67 Å². The Labute approximate surface area is 124 Å². The van der Waals surface area contributed by atoms with E-state index < -0.39 is 6.10 Å². The molecule has 1 aromatic heterocycles. The molecule has 2 rings (SSSR count). The maximum absolute atomic E-state index is 10.4. The van der Waals surface area contributed by atoms with Gasteiger partial charge in [-0.15, -0.1) is 0 Å². The van der Waals surface area contributed by atoms with Gasteiger partial charge in [-0.1, -0.05) is 43.6 Å². The van der Waals surface area contributed by atoms with E-state index in [2.05, 4.69) is 23.9 Å². The van der Waals surface area contributed by atoms with Gasteiger partial charge < -0.3 is 5.11 Å². The third kappa shape index (κ3) is 3.38. The third-order valence-corrected chi connectivity index (χ3v) is 3.71. The largest absolute Gasteiger partial charge is 0.388 e. The molecule has 0 aliphatic carbocycles. The molecule has 1 atom stereocenters. The molecule has 0 amide bonds. The number of aromatic nitrogens is 3. The fraction of sp³-hybridized carbons (Fsp3) is 0.467. The molecular weight excluding hydrogens is 274 g/mol. The fourth-order valence-corrected chi connectivity index (χ4v) is 2.41. The second kappa shape index (κ2) is 6.37. The highest BCUT2D eigenvalue weighted by Gasteiger charge is 2.17. The van der Waals surface area contributed by atoms with Crippen LogP contribution < -0.4 is 0 Å². The van der Waals surface area contributed by atoms with Gasteiger partial charge in [0.15, 0.2) is 0 Å². The average molecular weight is 294 g/mol. The van der Waals surface area contributed by atoms with Crippen LogP contribution in [0.15, 0.2) is 24.5 Å². The van der Waals surface area contributed by atoms with Crippen LogP contribution in [0.3, 0.4) is 0 Å². The highest BCUT2D eigenvalue weighted by molar-refractivity contribution is 6.32. The molecule has 0 spiro atoms. The molecule has 5 heteroatoms. The van der Waals surface area contributed by atoms with Crippen molar-refractivity contribution < 1.29 is 5.11 Å². The number of halogens is 1. The van der Waals surface area contributed by atoms with Gasteiger partial charge in [0, 0.05) is 18.0 Å². The quantitative estimate of drug-likeness (QED) is 0.921. The summed E-state index contributed by atoms with van der Waals surface area (Å²) < 4.78 is 1.84. The Bertz CT molecular complexity index is 580.